The number of ether oxygens (including phenoxy) is 5. The van der Waals surface area contributed by atoms with Crippen LogP contribution in [0.5, 0.6) is 0 Å². The zero-order valence-corrected chi connectivity index (χ0v) is 37.9. The monoisotopic (exact) mass is 826 g/mol. The molecule has 0 aromatic heterocycles. The van der Waals surface area contributed by atoms with Crippen LogP contribution in [-0.4, -0.2) is 99.9 Å². The van der Waals surface area contributed by atoms with Crippen molar-refractivity contribution >= 4 is 23.9 Å². The molecule has 1 aliphatic carbocycles. The van der Waals surface area contributed by atoms with E-state index < -0.39 is 17.8 Å². The number of Topliss-reactive ketones (excluding diaryl/α,β-unsaturated/α-hetero) is 2. The van der Waals surface area contributed by atoms with Gasteiger partial charge in [0, 0.05) is 53.2 Å². The van der Waals surface area contributed by atoms with Crippen LogP contribution in [0.3, 0.4) is 0 Å². The zero-order valence-electron chi connectivity index (χ0n) is 37.9. The summed E-state index contributed by atoms with van der Waals surface area (Å²) in [5.74, 6) is 0.468. The van der Waals surface area contributed by atoms with E-state index >= 15 is 0 Å². The summed E-state index contributed by atoms with van der Waals surface area (Å²) in [7, 11) is 5.16. The van der Waals surface area contributed by atoms with E-state index in [4.69, 9.17) is 23.7 Å². The van der Waals surface area contributed by atoms with E-state index in [9.17, 15) is 19.2 Å². The molecular weight excluding hydrogens is 747 g/mol. The van der Waals surface area contributed by atoms with E-state index in [1.54, 1.807) is 26.2 Å². The van der Waals surface area contributed by atoms with Crippen molar-refractivity contribution in [2.45, 2.75) is 180 Å². The van der Waals surface area contributed by atoms with Gasteiger partial charge in [0.25, 0.3) is 12.4 Å². The van der Waals surface area contributed by atoms with Crippen LogP contribution in [0.1, 0.15) is 144 Å². The summed E-state index contributed by atoms with van der Waals surface area (Å²) in [6.45, 7) is 12.3. The second kappa shape index (κ2) is 27.8. The standard InChI is InChI=1S/C49H79NO9/c1-35(16-11-9-12-17-37(3)46(56-7)32-43-18-15-19-45(59-43)48(53)49(54)50-28-13-10-14-29-50)30-38(4)44(52)33-47(57-8)39(5)31-36(2)20-24-42(58-34-51)27-23-40-21-25-41(55-6)26-22-40/h9,11-12,16-17,31,34-36,38,40-43,45-47H,10,13-15,18-30,32-33H2,1-8H3/b12-9+,16-11+,37-17+,39-31+. The summed E-state index contributed by atoms with van der Waals surface area (Å²) in [5.41, 5.74) is 2.12. The van der Waals surface area contributed by atoms with E-state index in [0.29, 0.717) is 50.8 Å². The lowest BCUT2D eigenvalue weighted by molar-refractivity contribution is -0.157. The van der Waals surface area contributed by atoms with Crippen LogP contribution in [0, 0.1) is 23.7 Å². The highest BCUT2D eigenvalue weighted by molar-refractivity contribution is 6.37. The molecule has 1 amide bonds. The van der Waals surface area contributed by atoms with Crippen molar-refractivity contribution in [2.75, 3.05) is 34.4 Å². The first-order valence-corrected chi connectivity index (χ1v) is 22.8. The Morgan fingerprint density at radius 1 is 0.780 bits per heavy atom. The Kier molecular flexibility index (Phi) is 23.8. The number of hydrogen-bond acceptors (Lipinski definition) is 9. The van der Waals surface area contributed by atoms with Crippen molar-refractivity contribution in [3.63, 3.8) is 0 Å². The third-order valence-electron chi connectivity index (χ3n) is 13.0. The Morgan fingerprint density at radius 2 is 1.49 bits per heavy atom. The molecule has 8 atom stereocenters. The van der Waals surface area contributed by atoms with E-state index in [-0.39, 0.29) is 48.0 Å². The van der Waals surface area contributed by atoms with Crippen molar-refractivity contribution in [1.29, 1.82) is 0 Å². The summed E-state index contributed by atoms with van der Waals surface area (Å²) in [6.07, 6.45) is 26.8. The number of methoxy groups -OCH3 is 3. The summed E-state index contributed by atoms with van der Waals surface area (Å²) in [6, 6.07) is 0. The number of piperidine rings is 1. The number of hydrogen-bond donors (Lipinski definition) is 0. The topological polar surface area (TPSA) is 118 Å². The highest BCUT2D eigenvalue weighted by Crippen LogP contribution is 2.31. The molecule has 3 rings (SSSR count). The van der Waals surface area contributed by atoms with E-state index in [2.05, 4.69) is 26.0 Å². The molecule has 2 aliphatic heterocycles. The number of amides is 1. The van der Waals surface area contributed by atoms with Gasteiger partial charge in [0.1, 0.15) is 18.0 Å². The summed E-state index contributed by atoms with van der Waals surface area (Å²) >= 11 is 0. The molecule has 0 aromatic carbocycles. The molecule has 10 nitrogen and oxygen atoms in total. The van der Waals surface area contributed by atoms with Gasteiger partial charge in [-0.15, -0.1) is 0 Å². The number of ketones is 2. The predicted molar refractivity (Wildman–Crippen MR) is 234 cm³/mol. The number of likely N-dealkylation sites (tertiary alicyclic amines) is 1. The molecule has 59 heavy (non-hydrogen) atoms. The van der Waals surface area contributed by atoms with Crippen LogP contribution in [0.2, 0.25) is 0 Å². The Balaban J connectivity index is 1.40. The van der Waals surface area contributed by atoms with Crippen molar-refractivity contribution < 1.29 is 42.9 Å². The van der Waals surface area contributed by atoms with Crippen LogP contribution in [0.4, 0.5) is 0 Å². The maximum atomic E-state index is 13.3. The van der Waals surface area contributed by atoms with Crippen LogP contribution in [0.25, 0.3) is 0 Å². The number of rotatable bonds is 26. The van der Waals surface area contributed by atoms with Crippen molar-refractivity contribution in [2.24, 2.45) is 23.7 Å². The van der Waals surface area contributed by atoms with Gasteiger partial charge in [-0.1, -0.05) is 57.2 Å². The fourth-order valence-corrected chi connectivity index (χ4v) is 9.10. The highest BCUT2D eigenvalue weighted by Gasteiger charge is 2.35. The smallest absolute Gasteiger partial charge is 0.293 e. The van der Waals surface area contributed by atoms with Gasteiger partial charge in [-0.05, 0) is 139 Å². The summed E-state index contributed by atoms with van der Waals surface area (Å²) in [5, 5.41) is 0. The molecule has 8 unspecified atom stereocenters. The first-order chi connectivity index (χ1) is 28.4. The molecule has 334 valence electrons. The van der Waals surface area contributed by atoms with Crippen LogP contribution in [0.15, 0.2) is 47.6 Å². The minimum Gasteiger partial charge on any atom is -0.465 e. The van der Waals surface area contributed by atoms with E-state index in [1.165, 1.54) is 12.8 Å². The van der Waals surface area contributed by atoms with Gasteiger partial charge >= 0.3 is 0 Å². The van der Waals surface area contributed by atoms with Crippen molar-refractivity contribution in [3.8, 4) is 0 Å². The first kappa shape index (κ1) is 50.4. The molecule has 3 aliphatic rings. The number of carbonyl (C=O) groups is 4. The lowest BCUT2D eigenvalue weighted by Crippen LogP contribution is -2.46. The predicted octanol–water partition coefficient (Wildman–Crippen LogP) is 9.50. The molecule has 10 heteroatoms. The molecule has 0 radical (unpaired) electrons. The van der Waals surface area contributed by atoms with E-state index in [0.717, 1.165) is 88.2 Å². The maximum Gasteiger partial charge on any atom is 0.293 e. The molecule has 0 bridgehead atoms. The van der Waals surface area contributed by atoms with Crippen LogP contribution in [-0.2, 0) is 42.9 Å². The molecule has 3 fully saturated rings. The highest BCUT2D eigenvalue weighted by atomic mass is 16.5. The van der Waals surface area contributed by atoms with Gasteiger partial charge in [0.2, 0.25) is 5.78 Å². The molecular formula is C49H79NO9. The SMILES string of the molecule is COC1CCC(CCC(CCC(C)/C=C(\C)C(CC(=O)C(C)CC(C)/C=C/C=C/C=C(\C)C(CC2CCCC(C(=O)C(=O)N3CCCCC3)O2)OC)OC)OC=O)CC1. The number of carbonyl (C=O) groups excluding carboxylic acids is 4. The minimum atomic E-state index is -0.668. The number of allylic oxidation sites excluding steroid dienone is 6. The Labute approximate surface area is 356 Å². The van der Waals surface area contributed by atoms with Crippen molar-refractivity contribution in [1.82, 2.24) is 4.90 Å². The summed E-state index contributed by atoms with van der Waals surface area (Å²) in [4.78, 5) is 52.0. The van der Waals surface area contributed by atoms with Gasteiger partial charge < -0.3 is 28.6 Å². The third kappa shape index (κ3) is 18.3. The molecule has 2 saturated heterocycles. The molecule has 1 saturated carbocycles. The van der Waals surface area contributed by atoms with Gasteiger partial charge in [-0.2, -0.15) is 0 Å². The molecule has 2 heterocycles. The second-order valence-corrected chi connectivity index (χ2v) is 17.8. The fourth-order valence-electron chi connectivity index (χ4n) is 9.10. The van der Waals surface area contributed by atoms with Gasteiger partial charge in [-0.25, -0.2) is 0 Å². The van der Waals surface area contributed by atoms with E-state index in [1.807, 2.05) is 45.1 Å². The van der Waals surface area contributed by atoms with Gasteiger partial charge in [0.15, 0.2) is 0 Å². The quantitative estimate of drug-likeness (QED) is 0.0364. The average Bonchev–Trinajstić information content (AvgIpc) is 3.25. The number of nitrogens with zero attached hydrogens (tertiary/aromatic N) is 1. The first-order valence-electron chi connectivity index (χ1n) is 22.8. The molecule has 0 N–H and O–H groups in total. The zero-order chi connectivity index (χ0) is 43.2. The normalized spacial score (nSPS) is 25.3. The fraction of sp³-hybridized carbons (Fsp3) is 0.755. The lowest BCUT2D eigenvalue weighted by atomic mass is 9.83. The van der Waals surface area contributed by atoms with Crippen molar-refractivity contribution in [3.05, 3.63) is 47.6 Å². The van der Waals surface area contributed by atoms with Crippen LogP contribution >= 0.6 is 0 Å². The Morgan fingerprint density at radius 3 is 2.15 bits per heavy atom. The minimum absolute atomic E-state index is 0.0656. The molecule has 0 aromatic rings. The third-order valence-corrected chi connectivity index (χ3v) is 13.0. The van der Waals surface area contributed by atoms with Gasteiger partial charge in [-0.3, -0.25) is 19.2 Å². The van der Waals surface area contributed by atoms with Gasteiger partial charge in [0.05, 0.1) is 24.4 Å². The average molecular weight is 826 g/mol. The Hall–Kier alpha value is -2.92. The maximum absolute atomic E-state index is 13.3. The van der Waals surface area contributed by atoms with Crippen LogP contribution < -0.4 is 0 Å². The Bertz CT molecular complexity index is 1390. The second-order valence-electron chi connectivity index (χ2n) is 17.8. The largest absolute Gasteiger partial charge is 0.465 e. The lowest BCUT2D eigenvalue weighted by Gasteiger charge is -2.33. The summed E-state index contributed by atoms with van der Waals surface area (Å²) < 4.78 is 28.8. The molecule has 0 spiro atoms.